The minimum absolute atomic E-state index is 0.00148. The van der Waals surface area contributed by atoms with E-state index in [1.54, 1.807) is 6.07 Å². The maximum Gasteiger partial charge on any atom is 0.135 e. The van der Waals surface area contributed by atoms with Crippen LogP contribution in [0.2, 0.25) is 0 Å². The summed E-state index contributed by atoms with van der Waals surface area (Å²) < 4.78 is 0.942. The number of phenols is 1. The number of aromatic hydroxyl groups is 1. The van der Waals surface area contributed by atoms with Crippen molar-refractivity contribution >= 4 is 34.1 Å². The number of nitrogens with zero attached hydrogens (tertiary/aromatic N) is 1. The van der Waals surface area contributed by atoms with Crippen LogP contribution in [0.1, 0.15) is 5.56 Å². The molecule has 1 N–H and O–H groups in total. The van der Waals surface area contributed by atoms with Crippen LogP contribution in [0.15, 0.2) is 22.4 Å². The fourth-order valence-electron chi connectivity index (χ4n) is 1.19. The van der Waals surface area contributed by atoms with Crippen molar-refractivity contribution in [2.75, 3.05) is 0 Å². The number of thiophene rings is 1. The van der Waals surface area contributed by atoms with Gasteiger partial charge in [0.25, 0.3) is 0 Å². The Bertz CT molecular complexity index is 510. The summed E-state index contributed by atoms with van der Waals surface area (Å²) in [5.74, 6) is -0.00148. The molecule has 0 fully saturated rings. The first kappa shape index (κ1) is 8.42. The quantitative estimate of drug-likeness (QED) is 0.652. The molecule has 64 valence electrons. The second kappa shape index (κ2) is 2.95. The predicted octanol–water partition coefficient (Wildman–Crippen LogP) is 2.77. The summed E-state index contributed by atoms with van der Waals surface area (Å²) in [6.07, 6.45) is 0. The normalized spacial score (nSPS) is 10.2. The number of phenolic OH excluding ortho intramolecular Hbond substituents is 1. The largest absolute Gasteiger partial charge is 0.507 e. The van der Waals surface area contributed by atoms with Gasteiger partial charge in [-0.3, -0.25) is 0 Å². The molecule has 13 heavy (non-hydrogen) atoms. The van der Waals surface area contributed by atoms with Gasteiger partial charge in [-0.05, 0) is 22.9 Å². The van der Waals surface area contributed by atoms with Gasteiger partial charge in [0.1, 0.15) is 17.4 Å². The summed E-state index contributed by atoms with van der Waals surface area (Å²) in [4.78, 5) is 0.562. The Hall–Kier alpha value is -1.18. The van der Waals surface area contributed by atoms with E-state index in [0.29, 0.717) is 4.90 Å². The van der Waals surface area contributed by atoms with Crippen molar-refractivity contribution in [1.29, 1.82) is 5.26 Å². The van der Waals surface area contributed by atoms with Gasteiger partial charge in [-0.1, -0.05) is 0 Å². The molecule has 0 unspecified atom stereocenters. The molecule has 0 saturated carbocycles. The lowest BCUT2D eigenvalue weighted by atomic mass is 10.1. The molecule has 0 aliphatic carbocycles. The van der Waals surface area contributed by atoms with E-state index in [1.807, 2.05) is 17.5 Å². The smallest absolute Gasteiger partial charge is 0.135 e. The second-order valence-electron chi connectivity index (χ2n) is 2.57. The number of fused-ring (bicyclic) bond motifs is 1. The molecule has 0 aliphatic rings. The third kappa shape index (κ3) is 1.17. The van der Waals surface area contributed by atoms with E-state index in [4.69, 9.17) is 5.26 Å². The minimum Gasteiger partial charge on any atom is -0.507 e. The zero-order chi connectivity index (χ0) is 9.42. The third-order valence-corrected chi connectivity index (χ3v) is 3.35. The molecule has 0 saturated heterocycles. The Morgan fingerprint density at radius 3 is 3.00 bits per heavy atom. The van der Waals surface area contributed by atoms with Crippen LogP contribution < -0.4 is 0 Å². The van der Waals surface area contributed by atoms with Gasteiger partial charge in [-0.15, -0.1) is 24.0 Å². The monoisotopic (exact) mass is 207 g/mol. The van der Waals surface area contributed by atoms with Gasteiger partial charge in [0.2, 0.25) is 0 Å². The van der Waals surface area contributed by atoms with Crippen LogP contribution >= 0.6 is 24.0 Å². The first-order valence-electron chi connectivity index (χ1n) is 3.56. The van der Waals surface area contributed by atoms with Crippen molar-refractivity contribution in [2.45, 2.75) is 4.90 Å². The molecule has 0 amide bonds. The average Bonchev–Trinajstić information content (AvgIpc) is 2.53. The lowest BCUT2D eigenvalue weighted by Gasteiger charge is -2.00. The van der Waals surface area contributed by atoms with E-state index in [1.165, 1.54) is 11.3 Å². The maximum absolute atomic E-state index is 9.44. The van der Waals surface area contributed by atoms with Crippen LogP contribution in [0, 0.1) is 11.3 Å². The third-order valence-electron chi connectivity index (χ3n) is 1.81. The van der Waals surface area contributed by atoms with Crippen molar-refractivity contribution in [3.05, 3.63) is 23.1 Å². The summed E-state index contributed by atoms with van der Waals surface area (Å²) in [5, 5.41) is 21.0. The molecule has 1 heterocycles. The number of hydrogen-bond donors (Lipinski definition) is 2. The van der Waals surface area contributed by atoms with Gasteiger partial charge in [0.15, 0.2) is 0 Å². The molecule has 4 heteroatoms. The van der Waals surface area contributed by atoms with Crippen molar-refractivity contribution in [2.24, 2.45) is 0 Å². The van der Waals surface area contributed by atoms with Crippen LogP contribution in [-0.2, 0) is 0 Å². The van der Waals surface area contributed by atoms with Gasteiger partial charge in [0.05, 0.1) is 0 Å². The van der Waals surface area contributed by atoms with Crippen molar-refractivity contribution in [1.82, 2.24) is 0 Å². The van der Waals surface area contributed by atoms with Gasteiger partial charge in [0, 0.05) is 9.60 Å². The zero-order valence-electron chi connectivity index (χ0n) is 6.48. The Kier molecular flexibility index (Phi) is 1.91. The fraction of sp³-hybridized carbons (Fsp3) is 0. The SMILES string of the molecule is N#Cc1c(O)cc2ccsc2c1S. The van der Waals surface area contributed by atoms with Crippen LogP contribution in [0.3, 0.4) is 0 Å². The van der Waals surface area contributed by atoms with Crippen molar-refractivity contribution < 1.29 is 5.11 Å². The summed E-state index contributed by atoms with van der Waals surface area (Å²) in [6.45, 7) is 0. The molecule has 2 rings (SSSR count). The highest BCUT2D eigenvalue weighted by molar-refractivity contribution is 7.80. The van der Waals surface area contributed by atoms with Gasteiger partial charge in [-0.2, -0.15) is 5.26 Å². The number of hydrogen-bond acceptors (Lipinski definition) is 4. The molecular formula is C9H5NOS2. The maximum atomic E-state index is 9.44. The highest BCUT2D eigenvalue weighted by atomic mass is 32.1. The fourth-order valence-corrected chi connectivity index (χ4v) is 2.47. The van der Waals surface area contributed by atoms with Crippen molar-refractivity contribution in [3.63, 3.8) is 0 Å². The predicted molar refractivity (Wildman–Crippen MR) is 55.5 cm³/mol. The molecule has 1 aromatic carbocycles. The van der Waals surface area contributed by atoms with Gasteiger partial charge < -0.3 is 5.11 Å². The first-order valence-corrected chi connectivity index (χ1v) is 4.89. The average molecular weight is 207 g/mol. The molecule has 0 bridgehead atoms. The molecule has 0 aliphatic heterocycles. The summed E-state index contributed by atoms with van der Waals surface area (Å²) in [5.41, 5.74) is 0.248. The van der Waals surface area contributed by atoms with E-state index in [0.717, 1.165) is 10.1 Å². The number of rotatable bonds is 0. The topological polar surface area (TPSA) is 44.0 Å². The molecule has 1 aromatic heterocycles. The lowest BCUT2D eigenvalue weighted by Crippen LogP contribution is -1.79. The van der Waals surface area contributed by atoms with Crippen LogP contribution in [0.25, 0.3) is 10.1 Å². The van der Waals surface area contributed by atoms with E-state index in [9.17, 15) is 5.11 Å². The molecule has 0 spiro atoms. The van der Waals surface area contributed by atoms with Crippen molar-refractivity contribution in [3.8, 4) is 11.8 Å². The lowest BCUT2D eigenvalue weighted by molar-refractivity contribution is 0.473. The second-order valence-corrected chi connectivity index (χ2v) is 3.93. The highest BCUT2D eigenvalue weighted by Gasteiger charge is 2.10. The van der Waals surface area contributed by atoms with E-state index in [2.05, 4.69) is 12.6 Å². The number of nitriles is 1. The van der Waals surface area contributed by atoms with Crippen LogP contribution in [0.5, 0.6) is 5.75 Å². The number of benzene rings is 1. The van der Waals surface area contributed by atoms with Gasteiger partial charge in [-0.25, -0.2) is 0 Å². The van der Waals surface area contributed by atoms with E-state index in [-0.39, 0.29) is 11.3 Å². The highest BCUT2D eigenvalue weighted by Crippen LogP contribution is 2.35. The molecule has 2 nitrogen and oxygen atoms in total. The minimum atomic E-state index is -0.00148. The molecular weight excluding hydrogens is 202 g/mol. The Morgan fingerprint density at radius 1 is 1.54 bits per heavy atom. The first-order chi connectivity index (χ1) is 6.24. The zero-order valence-corrected chi connectivity index (χ0v) is 8.19. The molecule has 0 atom stereocenters. The molecule has 2 aromatic rings. The Labute approximate surface area is 84.5 Å². The van der Waals surface area contributed by atoms with E-state index >= 15 is 0 Å². The summed E-state index contributed by atoms with van der Waals surface area (Å²) in [7, 11) is 0. The Balaban J connectivity index is 2.95. The van der Waals surface area contributed by atoms with Gasteiger partial charge >= 0.3 is 0 Å². The van der Waals surface area contributed by atoms with Crippen LogP contribution in [-0.4, -0.2) is 5.11 Å². The molecule has 0 radical (unpaired) electrons. The summed E-state index contributed by atoms with van der Waals surface area (Å²) >= 11 is 5.72. The number of thiol groups is 1. The summed E-state index contributed by atoms with van der Waals surface area (Å²) in [6, 6.07) is 5.40. The van der Waals surface area contributed by atoms with E-state index < -0.39 is 0 Å². The van der Waals surface area contributed by atoms with Crippen LogP contribution in [0.4, 0.5) is 0 Å². The Morgan fingerprint density at radius 2 is 2.31 bits per heavy atom. The standard InChI is InChI=1S/C9H5NOS2/c10-4-6-7(11)3-5-1-2-13-9(5)8(6)12/h1-3,11-12H.